The number of hydrogen-bond donors (Lipinski definition) is 1. The smallest absolute Gasteiger partial charge is 0.303 e. The number of likely N-dealkylation sites (N-methyl/N-ethyl adjacent to an activating group) is 1. The average Bonchev–Trinajstić information content (AvgIpc) is 2.40. The molecule has 0 spiro atoms. The first-order chi connectivity index (χ1) is 9.52. The first kappa shape index (κ1) is 16.0. The molecule has 1 aromatic rings. The molecule has 1 N–H and O–H groups in total. The van der Waals surface area contributed by atoms with E-state index in [4.69, 9.17) is 9.84 Å². The van der Waals surface area contributed by atoms with Crippen molar-refractivity contribution >= 4 is 11.9 Å². The molecule has 0 aromatic heterocycles. The van der Waals surface area contributed by atoms with Crippen LogP contribution in [0.2, 0.25) is 0 Å². The number of hydrogen-bond acceptors (Lipinski definition) is 3. The van der Waals surface area contributed by atoms with Crippen molar-refractivity contribution < 1.29 is 19.4 Å². The molecule has 0 saturated heterocycles. The SMILES string of the molecule is CCOc1ccc(CC(=O)N(C)CCCC(=O)O)cc1. The predicted octanol–water partition coefficient (Wildman–Crippen LogP) is 1.95. The fourth-order valence-corrected chi connectivity index (χ4v) is 1.77. The molecular formula is C15H21NO4. The van der Waals surface area contributed by atoms with Crippen molar-refractivity contribution in [2.45, 2.75) is 26.2 Å². The number of carbonyl (C=O) groups excluding carboxylic acids is 1. The van der Waals surface area contributed by atoms with Gasteiger partial charge in [-0.2, -0.15) is 0 Å². The Bertz CT molecular complexity index is 442. The van der Waals surface area contributed by atoms with E-state index in [9.17, 15) is 9.59 Å². The standard InChI is InChI=1S/C15H21NO4/c1-3-20-13-8-6-12(7-9-13)11-14(17)16(2)10-4-5-15(18)19/h6-9H,3-5,10-11H2,1-2H3,(H,18,19). The summed E-state index contributed by atoms with van der Waals surface area (Å²) in [4.78, 5) is 23.9. The zero-order valence-corrected chi connectivity index (χ0v) is 12.0. The molecule has 0 aliphatic rings. The summed E-state index contributed by atoms with van der Waals surface area (Å²) in [6.07, 6.45) is 0.873. The maximum Gasteiger partial charge on any atom is 0.303 e. The monoisotopic (exact) mass is 279 g/mol. The van der Waals surface area contributed by atoms with E-state index >= 15 is 0 Å². The van der Waals surface area contributed by atoms with Gasteiger partial charge in [0.05, 0.1) is 13.0 Å². The van der Waals surface area contributed by atoms with E-state index in [1.165, 1.54) is 0 Å². The summed E-state index contributed by atoms with van der Waals surface area (Å²) in [5, 5.41) is 8.55. The van der Waals surface area contributed by atoms with Crippen LogP contribution in [-0.2, 0) is 16.0 Å². The Morgan fingerprint density at radius 1 is 1.25 bits per heavy atom. The van der Waals surface area contributed by atoms with Crippen LogP contribution in [0.1, 0.15) is 25.3 Å². The number of ether oxygens (including phenoxy) is 1. The van der Waals surface area contributed by atoms with E-state index in [0.717, 1.165) is 11.3 Å². The Morgan fingerprint density at radius 3 is 2.45 bits per heavy atom. The summed E-state index contributed by atoms with van der Waals surface area (Å²) < 4.78 is 5.34. The number of amides is 1. The lowest BCUT2D eigenvalue weighted by Crippen LogP contribution is -2.29. The average molecular weight is 279 g/mol. The minimum Gasteiger partial charge on any atom is -0.494 e. The second-order valence-electron chi connectivity index (χ2n) is 4.57. The Morgan fingerprint density at radius 2 is 1.90 bits per heavy atom. The van der Waals surface area contributed by atoms with Crippen molar-refractivity contribution in [3.8, 4) is 5.75 Å². The Balaban J connectivity index is 2.42. The fourth-order valence-electron chi connectivity index (χ4n) is 1.77. The lowest BCUT2D eigenvalue weighted by atomic mass is 10.1. The van der Waals surface area contributed by atoms with Gasteiger partial charge in [-0.1, -0.05) is 12.1 Å². The third-order valence-electron chi connectivity index (χ3n) is 2.90. The molecule has 1 aromatic carbocycles. The van der Waals surface area contributed by atoms with Gasteiger partial charge in [0.1, 0.15) is 5.75 Å². The van der Waals surface area contributed by atoms with E-state index < -0.39 is 5.97 Å². The summed E-state index contributed by atoms with van der Waals surface area (Å²) in [5.41, 5.74) is 0.920. The highest BCUT2D eigenvalue weighted by atomic mass is 16.5. The topological polar surface area (TPSA) is 66.8 Å². The van der Waals surface area contributed by atoms with Gasteiger partial charge in [0, 0.05) is 20.0 Å². The normalized spacial score (nSPS) is 10.1. The summed E-state index contributed by atoms with van der Waals surface area (Å²) in [6.45, 7) is 3.00. The molecule has 5 nitrogen and oxygen atoms in total. The van der Waals surface area contributed by atoms with E-state index in [-0.39, 0.29) is 12.3 Å². The largest absolute Gasteiger partial charge is 0.494 e. The van der Waals surface area contributed by atoms with Crippen molar-refractivity contribution in [3.05, 3.63) is 29.8 Å². The zero-order valence-electron chi connectivity index (χ0n) is 12.0. The van der Waals surface area contributed by atoms with Crippen molar-refractivity contribution in [2.75, 3.05) is 20.2 Å². The summed E-state index contributed by atoms with van der Waals surface area (Å²) in [6, 6.07) is 7.43. The van der Waals surface area contributed by atoms with Crippen molar-refractivity contribution in [2.24, 2.45) is 0 Å². The van der Waals surface area contributed by atoms with Crippen LogP contribution in [0.3, 0.4) is 0 Å². The first-order valence-electron chi connectivity index (χ1n) is 6.70. The predicted molar refractivity (Wildman–Crippen MR) is 75.8 cm³/mol. The quantitative estimate of drug-likeness (QED) is 0.790. The van der Waals surface area contributed by atoms with Crippen LogP contribution in [0.15, 0.2) is 24.3 Å². The molecule has 0 atom stereocenters. The van der Waals surface area contributed by atoms with Gasteiger partial charge in [0.15, 0.2) is 0 Å². The molecule has 1 amide bonds. The summed E-state index contributed by atoms with van der Waals surface area (Å²) in [7, 11) is 1.69. The van der Waals surface area contributed by atoms with Gasteiger partial charge in [-0.15, -0.1) is 0 Å². The molecule has 110 valence electrons. The second-order valence-corrected chi connectivity index (χ2v) is 4.57. The molecule has 0 aliphatic heterocycles. The lowest BCUT2D eigenvalue weighted by Gasteiger charge is -2.16. The minimum absolute atomic E-state index is 0.0143. The van der Waals surface area contributed by atoms with Crippen molar-refractivity contribution in [1.29, 1.82) is 0 Å². The highest BCUT2D eigenvalue weighted by molar-refractivity contribution is 5.78. The number of aliphatic carboxylic acids is 1. The van der Waals surface area contributed by atoms with Gasteiger partial charge in [-0.25, -0.2) is 0 Å². The molecule has 1 rings (SSSR count). The molecule has 0 saturated carbocycles. The summed E-state index contributed by atoms with van der Waals surface area (Å²) >= 11 is 0. The van der Waals surface area contributed by atoms with Gasteiger partial charge in [-0.05, 0) is 31.0 Å². The van der Waals surface area contributed by atoms with Crippen LogP contribution in [0.4, 0.5) is 0 Å². The van der Waals surface area contributed by atoms with Crippen LogP contribution in [0.25, 0.3) is 0 Å². The lowest BCUT2D eigenvalue weighted by molar-refractivity contribution is -0.138. The number of carboxylic acids is 1. The Hall–Kier alpha value is -2.04. The van der Waals surface area contributed by atoms with Gasteiger partial charge in [0.25, 0.3) is 0 Å². The van der Waals surface area contributed by atoms with Crippen molar-refractivity contribution in [1.82, 2.24) is 4.90 Å². The zero-order chi connectivity index (χ0) is 15.0. The molecular weight excluding hydrogens is 258 g/mol. The number of rotatable bonds is 8. The number of carboxylic acid groups (broad SMARTS) is 1. The molecule has 0 unspecified atom stereocenters. The highest BCUT2D eigenvalue weighted by Gasteiger charge is 2.10. The summed E-state index contributed by atoms with van der Waals surface area (Å²) in [5.74, 6) is -0.0598. The first-order valence-corrected chi connectivity index (χ1v) is 6.70. The maximum absolute atomic E-state index is 11.9. The van der Waals surface area contributed by atoms with E-state index in [0.29, 0.717) is 26.0 Å². The third kappa shape index (κ3) is 5.73. The second kappa shape index (κ2) is 8.19. The molecule has 0 bridgehead atoms. The van der Waals surface area contributed by atoms with Gasteiger partial charge in [0.2, 0.25) is 5.91 Å². The fraction of sp³-hybridized carbons (Fsp3) is 0.467. The molecule has 5 heteroatoms. The molecule has 0 aliphatic carbocycles. The molecule has 20 heavy (non-hydrogen) atoms. The molecule has 0 heterocycles. The van der Waals surface area contributed by atoms with E-state index in [1.54, 1.807) is 11.9 Å². The Kier molecular flexibility index (Phi) is 6.56. The third-order valence-corrected chi connectivity index (χ3v) is 2.90. The number of nitrogens with zero attached hydrogens (tertiary/aromatic N) is 1. The van der Waals surface area contributed by atoms with Crippen LogP contribution in [-0.4, -0.2) is 42.1 Å². The van der Waals surface area contributed by atoms with Gasteiger partial charge >= 0.3 is 5.97 Å². The molecule has 0 radical (unpaired) electrons. The molecule has 0 fully saturated rings. The van der Waals surface area contributed by atoms with Crippen LogP contribution in [0.5, 0.6) is 5.75 Å². The van der Waals surface area contributed by atoms with E-state index in [2.05, 4.69) is 0 Å². The maximum atomic E-state index is 11.9. The van der Waals surface area contributed by atoms with E-state index in [1.807, 2.05) is 31.2 Å². The number of carbonyl (C=O) groups is 2. The Labute approximate surface area is 119 Å². The van der Waals surface area contributed by atoms with Gasteiger partial charge < -0.3 is 14.7 Å². The van der Waals surface area contributed by atoms with Crippen LogP contribution in [0, 0.1) is 0 Å². The minimum atomic E-state index is -0.836. The van der Waals surface area contributed by atoms with Crippen molar-refractivity contribution in [3.63, 3.8) is 0 Å². The van der Waals surface area contributed by atoms with Gasteiger partial charge in [-0.3, -0.25) is 9.59 Å². The highest BCUT2D eigenvalue weighted by Crippen LogP contribution is 2.13. The van der Waals surface area contributed by atoms with Crippen LogP contribution < -0.4 is 4.74 Å². The number of benzene rings is 1. The van der Waals surface area contributed by atoms with Crippen LogP contribution >= 0.6 is 0 Å².